The van der Waals surface area contributed by atoms with Gasteiger partial charge in [0.15, 0.2) is 18.7 Å². The molecule has 0 unspecified atom stereocenters. The van der Waals surface area contributed by atoms with E-state index in [-0.39, 0.29) is 6.61 Å². The van der Waals surface area contributed by atoms with Crippen molar-refractivity contribution in [1.29, 1.82) is 0 Å². The standard InChI is InChI=1S/C12H11ClN2O3/c1-2-11-14-12(18-15-11)7-17-10-4-3-9(13)5-8(10)6-16/h3-6H,2,7H2,1H3. The molecule has 0 aliphatic heterocycles. The van der Waals surface area contributed by atoms with Gasteiger partial charge in [-0.2, -0.15) is 4.98 Å². The Balaban J connectivity index is 2.07. The average Bonchev–Trinajstić information content (AvgIpc) is 2.85. The van der Waals surface area contributed by atoms with Crippen LogP contribution in [0.1, 0.15) is 29.0 Å². The summed E-state index contributed by atoms with van der Waals surface area (Å²) in [7, 11) is 0. The van der Waals surface area contributed by atoms with E-state index in [1.807, 2.05) is 6.92 Å². The lowest BCUT2D eigenvalue weighted by Gasteiger charge is -2.05. The summed E-state index contributed by atoms with van der Waals surface area (Å²) < 4.78 is 10.4. The molecule has 0 atom stereocenters. The number of aromatic nitrogens is 2. The van der Waals surface area contributed by atoms with E-state index in [1.54, 1.807) is 12.1 Å². The number of carbonyl (C=O) groups is 1. The molecule has 94 valence electrons. The molecule has 0 bridgehead atoms. The number of hydrogen-bond donors (Lipinski definition) is 0. The van der Waals surface area contributed by atoms with Crippen molar-refractivity contribution in [1.82, 2.24) is 10.1 Å². The normalized spacial score (nSPS) is 10.3. The lowest BCUT2D eigenvalue weighted by Crippen LogP contribution is -1.98. The van der Waals surface area contributed by atoms with Crippen LogP contribution in [-0.4, -0.2) is 16.4 Å². The maximum Gasteiger partial charge on any atom is 0.264 e. The van der Waals surface area contributed by atoms with Crippen molar-refractivity contribution in [2.24, 2.45) is 0 Å². The zero-order chi connectivity index (χ0) is 13.0. The summed E-state index contributed by atoms with van der Waals surface area (Å²) in [6, 6.07) is 4.81. The van der Waals surface area contributed by atoms with Gasteiger partial charge in [-0.05, 0) is 18.2 Å². The number of ether oxygens (including phenoxy) is 1. The predicted molar refractivity (Wildman–Crippen MR) is 64.8 cm³/mol. The Morgan fingerprint density at radius 2 is 2.33 bits per heavy atom. The Morgan fingerprint density at radius 1 is 1.50 bits per heavy atom. The minimum Gasteiger partial charge on any atom is -0.483 e. The highest BCUT2D eigenvalue weighted by Crippen LogP contribution is 2.22. The highest BCUT2D eigenvalue weighted by atomic mass is 35.5. The highest BCUT2D eigenvalue weighted by molar-refractivity contribution is 6.30. The van der Waals surface area contributed by atoms with E-state index in [1.165, 1.54) is 6.07 Å². The van der Waals surface area contributed by atoms with Crippen LogP contribution in [0.15, 0.2) is 22.7 Å². The maximum atomic E-state index is 10.9. The smallest absolute Gasteiger partial charge is 0.264 e. The highest BCUT2D eigenvalue weighted by Gasteiger charge is 2.08. The fourth-order valence-corrected chi connectivity index (χ4v) is 1.56. The molecule has 1 aromatic heterocycles. The van der Waals surface area contributed by atoms with E-state index in [2.05, 4.69) is 10.1 Å². The SMILES string of the molecule is CCc1noc(COc2ccc(Cl)cc2C=O)n1. The molecule has 0 fully saturated rings. The first kappa shape index (κ1) is 12.6. The predicted octanol–water partition coefficient (Wildman–Crippen LogP) is 2.68. The maximum absolute atomic E-state index is 10.9. The lowest BCUT2D eigenvalue weighted by atomic mass is 10.2. The molecule has 2 aromatic rings. The monoisotopic (exact) mass is 266 g/mol. The molecule has 0 saturated heterocycles. The molecule has 18 heavy (non-hydrogen) atoms. The largest absolute Gasteiger partial charge is 0.483 e. The Morgan fingerprint density at radius 3 is 3.00 bits per heavy atom. The van der Waals surface area contributed by atoms with Gasteiger partial charge in [0, 0.05) is 11.4 Å². The number of benzene rings is 1. The summed E-state index contributed by atoms with van der Waals surface area (Å²) in [6.45, 7) is 2.05. The van der Waals surface area contributed by atoms with Gasteiger partial charge in [-0.1, -0.05) is 23.7 Å². The molecule has 0 aliphatic carbocycles. The second-order valence-electron chi connectivity index (χ2n) is 3.55. The van der Waals surface area contributed by atoms with Gasteiger partial charge in [-0.25, -0.2) is 0 Å². The minimum atomic E-state index is 0.121. The van der Waals surface area contributed by atoms with Gasteiger partial charge in [-0.15, -0.1) is 0 Å². The summed E-state index contributed by atoms with van der Waals surface area (Å²) in [5.41, 5.74) is 0.387. The minimum absolute atomic E-state index is 0.121. The molecule has 2 rings (SSSR count). The molecular weight excluding hydrogens is 256 g/mol. The number of aryl methyl sites for hydroxylation is 1. The first-order valence-corrected chi connectivity index (χ1v) is 5.79. The van der Waals surface area contributed by atoms with Crippen molar-refractivity contribution in [2.45, 2.75) is 20.0 Å². The van der Waals surface area contributed by atoms with Crippen LogP contribution in [-0.2, 0) is 13.0 Å². The molecule has 0 saturated carbocycles. The molecule has 6 heteroatoms. The van der Waals surface area contributed by atoms with Crippen LogP contribution in [0.5, 0.6) is 5.75 Å². The molecule has 5 nitrogen and oxygen atoms in total. The van der Waals surface area contributed by atoms with E-state index in [0.717, 1.165) is 0 Å². The fraction of sp³-hybridized carbons (Fsp3) is 0.250. The van der Waals surface area contributed by atoms with Crippen molar-refractivity contribution in [3.8, 4) is 5.75 Å². The molecular formula is C12H11ClN2O3. The molecule has 0 N–H and O–H groups in total. The second kappa shape index (κ2) is 5.64. The Labute approximate surface area is 109 Å². The van der Waals surface area contributed by atoms with Gasteiger partial charge in [0.1, 0.15) is 5.75 Å². The number of rotatable bonds is 5. The summed E-state index contributed by atoms with van der Waals surface area (Å²) in [5, 5.41) is 4.23. The van der Waals surface area contributed by atoms with Gasteiger partial charge >= 0.3 is 0 Å². The van der Waals surface area contributed by atoms with Gasteiger partial charge in [-0.3, -0.25) is 4.79 Å². The van der Waals surface area contributed by atoms with Crippen molar-refractivity contribution < 1.29 is 14.1 Å². The summed E-state index contributed by atoms with van der Waals surface area (Å²) >= 11 is 5.78. The van der Waals surface area contributed by atoms with E-state index >= 15 is 0 Å². The van der Waals surface area contributed by atoms with E-state index in [9.17, 15) is 4.79 Å². The van der Waals surface area contributed by atoms with Gasteiger partial charge in [0.25, 0.3) is 5.89 Å². The zero-order valence-corrected chi connectivity index (χ0v) is 10.5. The van der Waals surface area contributed by atoms with Crippen molar-refractivity contribution in [3.63, 3.8) is 0 Å². The summed E-state index contributed by atoms with van der Waals surface area (Å²) in [5.74, 6) is 1.43. The summed E-state index contributed by atoms with van der Waals surface area (Å²) in [4.78, 5) is 15.0. The van der Waals surface area contributed by atoms with Crippen LogP contribution in [0.25, 0.3) is 0 Å². The second-order valence-corrected chi connectivity index (χ2v) is 3.98. The van der Waals surface area contributed by atoms with Gasteiger partial charge in [0.05, 0.1) is 5.56 Å². The van der Waals surface area contributed by atoms with Gasteiger partial charge in [0.2, 0.25) is 0 Å². The van der Waals surface area contributed by atoms with E-state index in [4.69, 9.17) is 20.9 Å². The van der Waals surface area contributed by atoms with Crippen LogP contribution in [0, 0.1) is 0 Å². The zero-order valence-electron chi connectivity index (χ0n) is 9.72. The third-order valence-corrected chi connectivity index (χ3v) is 2.51. The number of carbonyl (C=O) groups excluding carboxylic acids is 1. The van der Waals surface area contributed by atoms with Gasteiger partial charge < -0.3 is 9.26 Å². The Bertz CT molecular complexity index is 554. The number of aldehydes is 1. The van der Waals surface area contributed by atoms with Crippen LogP contribution in [0.2, 0.25) is 5.02 Å². The fourth-order valence-electron chi connectivity index (χ4n) is 1.37. The van der Waals surface area contributed by atoms with Crippen LogP contribution in [0.3, 0.4) is 0 Å². The lowest BCUT2D eigenvalue weighted by molar-refractivity contribution is 0.111. The molecule has 0 radical (unpaired) electrons. The van der Waals surface area contributed by atoms with E-state index in [0.29, 0.717) is 40.8 Å². The molecule has 1 heterocycles. The summed E-state index contributed by atoms with van der Waals surface area (Å²) in [6.07, 6.45) is 1.39. The number of halogens is 1. The molecule has 1 aromatic carbocycles. The average molecular weight is 267 g/mol. The first-order chi connectivity index (χ1) is 8.72. The van der Waals surface area contributed by atoms with Crippen molar-refractivity contribution in [3.05, 3.63) is 40.5 Å². The van der Waals surface area contributed by atoms with Crippen LogP contribution >= 0.6 is 11.6 Å². The Kier molecular flexibility index (Phi) is 3.94. The van der Waals surface area contributed by atoms with Crippen LogP contribution < -0.4 is 4.74 Å². The van der Waals surface area contributed by atoms with Crippen molar-refractivity contribution in [2.75, 3.05) is 0 Å². The van der Waals surface area contributed by atoms with E-state index < -0.39 is 0 Å². The molecule has 0 spiro atoms. The number of hydrogen-bond acceptors (Lipinski definition) is 5. The third kappa shape index (κ3) is 2.87. The first-order valence-electron chi connectivity index (χ1n) is 5.42. The Hall–Kier alpha value is -1.88. The molecule has 0 amide bonds. The van der Waals surface area contributed by atoms with Crippen LogP contribution in [0.4, 0.5) is 0 Å². The van der Waals surface area contributed by atoms with Crippen molar-refractivity contribution >= 4 is 17.9 Å². The quantitative estimate of drug-likeness (QED) is 0.779. The topological polar surface area (TPSA) is 65.2 Å². The number of nitrogens with zero attached hydrogens (tertiary/aromatic N) is 2. The molecule has 0 aliphatic rings. The third-order valence-electron chi connectivity index (χ3n) is 2.28.